The third-order valence-corrected chi connectivity index (χ3v) is 6.95. The fourth-order valence-corrected chi connectivity index (χ4v) is 6.27. The van der Waals surface area contributed by atoms with Crippen molar-refractivity contribution in [2.24, 2.45) is 41.4 Å². The SMILES string of the molecule is O=C1CCC(COC(=O)C2CC3CC2C2C4C=CC(C4)C32)O1. The van der Waals surface area contributed by atoms with E-state index in [4.69, 9.17) is 9.47 Å². The fourth-order valence-electron chi connectivity index (χ4n) is 6.27. The summed E-state index contributed by atoms with van der Waals surface area (Å²) < 4.78 is 10.6. The fraction of sp³-hybridized carbons (Fsp3) is 0.778. The standard InChI is InChI=1S/C18H22O4/c19-15-4-3-12(22-15)8-21-18(20)14-7-11-6-13(14)17-10-2-1-9(5-10)16(11)17/h1-2,9-14,16-17H,3-8H2. The largest absolute Gasteiger partial charge is 0.462 e. The van der Waals surface area contributed by atoms with Crippen LogP contribution in [0.5, 0.6) is 0 Å². The van der Waals surface area contributed by atoms with E-state index in [1.165, 1.54) is 12.8 Å². The molecule has 22 heavy (non-hydrogen) atoms. The van der Waals surface area contributed by atoms with E-state index in [9.17, 15) is 9.59 Å². The zero-order chi connectivity index (χ0) is 14.8. The molecule has 4 nitrogen and oxygen atoms in total. The zero-order valence-electron chi connectivity index (χ0n) is 12.6. The van der Waals surface area contributed by atoms with E-state index in [0.717, 1.165) is 36.0 Å². The molecule has 0 aromatic rings. The Hall–Kier alpha value is -1.32. The Balaban J connectivity index is 1.23. The maximum Gasteiger partial charge on any atom is 0.309 e. The maximum absolute atomic E-state index is 12.5. The van der Waals surface area contributed by atoms with Crippen molar-refractivity contribution < 1.29 is 19.1 Å². The Bertz CT molecular complexity index is 553. The van der Waals surface area contributed by atoms with Crippen LogP contribution in [0, 0.1) is 41.4 Å². The number of hydrogen-bond acceptors (Lipinski definition) is 4. The Morgan fingerprint density at radius 2 is 2.00 bits per heavy atom. The molecule has 3 saturated carbocycles. The smallest absolute Gasteiger partial charge is 0.309 e. The van der Waals surface area contributed by atoms with E-state index in [1.807, 2.05) is 0 Å². The first-order chi connectivity index (χ1) is 10.7. The number of rotatable bonds is 3. The Labute approximate surface area is 130 Å². The van der Waals surface area contributed by atoms with Gasteiger partial charge in [-0.1, -0.05) is 12.2 Å². The molecule has 8 atom stereocenters. The lowest BCUT2D eigenvalue weighted by atomic mass is 9.69. The molecule has 5 aliphatic rings. The molecule has 0 radical (unpaired) electrons. The summed E-state index contributed by atoms with van der Waals surface area (Å²) in [7, 11) is 0. The highest BCUT2D eigenvalue weighted by Gasteiger charge is 2.62. The molecule has 0 N–H and O–H groups in total. The second kappa shape index (κ2) is 4.59. The van der Waals surface area contributed by atoms with Crippen LogP contribution in [0.25, 0.3) is 0 Å². The molecule has 1 heterocycles. The summed E-state index contributed by atoms with van der Waals surface area (Å²) in [5.74, 6) is 4.24. The summed E-state index contributed by atoms with van der Waals surface area (Å²) in [5, 5.41) is 0. The van der Waals surface area contributed by atoms with Crippen LogP contribution in [0.3, 0.4) is 0 Å². The first-order valence-corrected chi connectivity index (χ1v) is 8.75. The number of ether oxygens (including phenoxy) is 2. The molecule has 0 aromatic heterocycles. The molecule has 0 spiro atoms. The Kier molecular flexibility index (Phi) is 2.74. The van der Waals surface area contributed by atoms with Crippen LogP contribution >= 0.6 is 0 Å². The lowest BCUT2D eigenvalue weighted by Crippen LogP contribution is -2.36. The van der Waals surface area contributed by atoms with Gasteiger partial charge in [-0.25, -0.2) is 0 Å². The minimum Gasteiger partial charge on any atom is -0.462 e. The molecule has 4 bridgehead atoms. The minimum atomic E-state index is -0.215. The topological polar surface area (TPSA) is 52.6 Å². The summed E-state index contributed by atoms with van der Waals surface area (Å²) in [6.07, 6.45) is 9.31. The highest BCUT2D eigenvalue weighted by molar-refractivity contribution is 5.74. The molecule has 5 rings (SSSR count). The lowest BCUT2D eigenvalue weighted by Gasteiger charge is -2.35. The molecular formula is C18H22O4. The number of esters is 2. The second-order valence-corrected chi connectivity index (χ2v) is 7.89. The van der Waals surface area contributed by atoms with Crippen molar-refractivity contribution in [3.05, 3.63) is 12.2 Å². The number of fused-ring (bicyclic) bond motifs is 9. The zero-order valence-corrected chi connectivity index (χ0v) is 12.6. The predicted octanol–water partition coefficient (Wildman–Crippen LogP) is 2.33. The molecule has 4 fully saturated rings. The van der Waals surface area contributed by atoms with Gasteiger partial charge in [0.05, 0.1) is 5.92 Å². The lowest BCUT2D eigenvalue weighted by molar-refractivity contribution is -0.158. The number of carbonyl (C=O) groups is 2. The maximum atomic E-state index is 12.5. The van der Waals surface area contributed by atoms with E-state index in [0.29, 0.717) is 18.8 Å². The molecule has 118 valence electrons. The number of cyclic esters (lactones) is 1. The first-order valence-electron chi connectivity index (χ1n) is 8.75. The van der Waals surface area contributed by atoms with Gasteiger partial charge in [0.2, 0.25) is 0 Å². The van der Waals surface area contributed by atoms with E-state index in [2.05, 4.69) is 12.2 Å². The third kappa shape index (κ3) is 1.76. The van der Waals surface area contributed by atoms with Crippen molar-refractivity contribution in [3.8, 4) is 0 Å². The van der Waals surface area contributed by atoms with E-state index in [1.54, 1.807) is 0 Å². The number of carbonyl (C=O) groups excluding carboxylic acids is 2. The molecule has 4 aliphatic carbocycles. The van der Waals surface area contributed by atoms with Gasteiger partial charge in [-0.05, 0) is 61.2 Å². The van der Waals surface area contributed by atoms with Crippen LogP contribution in [0.15, 0.2) is 12.2 Å². The first kappa shape index (κ1) is 13.1. The average molecular weight is 302 g/mol. The van der Waals surface area contributed by atoms with Crippen molar-refractivity contribution in [1.29, 1.82) is 0 Å². The Morgan fingerprint density at radius 1 is 1.18 bits per heavy atom. The predicted molar refractivity (Wildman–Crippen MR) is 77.5 cm³/mol. The van der Waals surface area contributed by atoms with Gasteiger partial charge >= 0.3 is 11.9 Å². The van der Waals surface area contributed by atoms with Crippen LogP contribution in [0.2, 0.25) is 0 Å². The summed E-state index contributed by atoms with van der Waals surface area (Å²) in [6.45, 7) is 0.249. The van der Waals surface area contributed by atoms with Gasteiger partial charge in [-0.15, -0.1) is 0 Å². The van der Waals surface area contributed by atoms with Crippen LogP contribution < -0.4 is 0 Å². The van der Waals surface area contributed by atoms with Crippen LogP contribution in [-0.4, -0.2) is 24.6 Å². The van der Waals surface area contributed by atoms with Crippen molar-refractivity contribution in [2.45, 2.75) is 38.2 Å². The van der Waals surface area contributed by atoms with E-state index >= 15 is 0 Å². The summed E-state index contributed by atoms with van der Waals surface area (Å²) in [6, 6.07) is 0. The number of allylic oxidation sites excluding steroid dienone is 2. The number of hydrogen-bond donors (Lipinski definition) is 0. The third-order valence-electron chi connectivity index (χ3n) is 6.95. The van der Waals surface area contributed by atoms with Crippen LogP contribution in [-0.2, 0) is 19.1 Å². The summed E-state index contributed by atoms with van der Waals surface area (Å²) >= 11 is 0. The quantitative estimate of drug-likeness (QED) is 0.456. The Morgan fingerprint density at radius 3 is 2.77 bits per heavy atom. The van der Waals surface area contributed by atoms with Gasteiger partial charge in [0, 0.05) is 6.42 Å². The van der Waals surface area contributed by atoms with Crippen molar-refractivity contribution >= 4 is 11.9 Å². The molecular weight excluding hydrogens is 280 g/mol. The van der Waals surface area contributed by atoms with Crippen molar-refractivity contribution in [2.75, 3.05) is 6.61 Å². The van der Waals surface area contributed by atoms with E-state index in [-0.39, 0.29) is 30.6 Å². The summed E-state index contributed by atoms with van der Waals surface area (Å²) in [5.41, 5.74) is 0. The molecule has 0 amide bonds. The van der Waals surface area contributed by atoms with Gasteiger partial charge in [0.15, 0.2) is 0 Å². The van der Waals surface area contributed by atoms with Crippen LogP contribution in [0.4, 0.5) is 0 Å². The molecule has 0 aromatic carbocycles. The van der Waals surface area contributed by atoms with Gasteiger partial charge in [0.25, 0.3) is 0 Å². The molecule has 8 unspecified atom stereocenters. The monoisotopic (exact) mass is 302 g/mol. The highest BCUT2D eigenvalue weighted by Crippen LogP contribution is 2.67. The average Bonchev–Trinajstić information content (AvgIpc) is 3.28. The molecule has 1 aliphatic heterocycles. The van der Waals surface area contributed by atoms with Crippen molar-refractivity contribution in [1.82, 2.24) is 0 Å². The van der Waals surface area contributed by atoms with Crippen LogP contribution in [0.1, 0.15) is 32.1 Å². The van der Waals surface area contributed by atoms with Gasteiger partial charge in [0.1, 0.15) is 12.7 Å². The minimum absolute atomic E-state index is 0.0411. The second-order valence-electron chi connectivity index (χ2n) is 7.89. The molecule has 1 saturated heterocycles. The molecule has 4 heteroatoms. The highest BCUT2D eigenvalue weighted by atomic mass is 16.6. The normalized spacial score (nSPS) is 50.5. The van der Waals surface area contributed by atoms with Gasteiger partial charge in [-0.3, -0.25) is 9.59 Å². The summed E-state index contributed by atoms with van der Waals surface area (Å²) in [4.78, 5) is 23.6. The van der Waals surface area contributed by atoms with Gasteiger partial charge < -0.3 is 9.47 Å². The van der Waals surface area contributed by atoms with Gasteiger partial charge in [-0.2, -0.15) is 0 Å². The van der Waals surface area contributed by atoms with Crippen molar-refractivity contribution in [3.63, 3.8) is 0 Å². The van der Waals surface area contributed by atoms with E-state index < -0.39 is 0 Å².